The Morgan fingerprint density at radius 3 is 2.14 bits per heavy atom. The van der Waals surface area contributed by atoms with Gasteiger partial charge in [0.05, 0.1) is 36.4 Å². The highest BCUT2D eigenvalue weighted by Crippen LogP contribution is 2.22. The van der Waals surface area contributed by atoms with Crippen molar-refractivity contribution in [3.63, 3.8) is 0 Å². The number of piperidine rings is 1. The first kappa shape index (κ1) is 26.6. The summed E-state index contributed by atoms with van der Waals surface area (Å²) in [6, 6.07) is 12.9. The molecule has 3 amide bonds. The van der Waals surface area contributed by atoms with Gasteiger partial charge in [0.15, 0.2) is 0 Å². The van der Waals surface area contributed by atoms with Crippen molar-refractivity contribution in [1.29, 1.82) is 0 Å². The van der Waals surface area contributed by atoms with Gasteiger partial charge in [-0.25, -0.2) is 8.42 Å². The van der Waals surface area contributed by atoms with Crippen molar-refractivity contribution < 1.29 is 27.5 Å². The largest absolute Gasteiger partial charge is 0.378 e. The van der Waals surface area contributed by atoms with Crippen LogP contribution >= 0.6 is 0 Å². The van der Waals surface area contributed by atoms with Crippen LogP contribution in [0, 0.1) is 0 Å². The predicted octanol–water partition coefficient (Wildman–Crippen LogP) is 2.19. The van der Waals surface area contributed by atoms with E-state index in [-0.39, 0.29) is 17.5 Å². The molecule has 0 saturated carbocycles. The second kappa shape index (κ2) is 11.7. The number of ether oxygens (including phenoxy) is 1. The van der Waals surface area contributed by atoms with Crippen molar-refractivity contribution >= 4 is 39.1 Å². The third-order valence-corrected chi connectivity index (χ3v) is 7.60. The molecule has 1 N–H and O–H groups in total. The Morgan fingerprint density at radius 2 is 1.49 bits per heavy atom. The minimum Gasteiger partial charge on any atom is -0.378 e. The third-order valence-electron chi connectivity index (χ3n) is 6.46. The molecule has 4 rings (SSSR count). The molecule has 198 valence electrons. The Kier molecular flexibility index (Phi) is 8.45. The molecule has 2 aliphatic heterocycles. The number of benzene rings is 2. The molecular weight excluding hydrogens is 496 g/mol. The lowest BCUT2D eigenvalue weighted by Gasteiger charge is -2.28. The van der Waals surface area contributed by atoms with Crippen LogP contribution in [0.2, 0.25) is 0 Å². The van der Waals surface area contributed by atoms with Crippen LogP contribution < -0.4 is 9.62 Å². The molecule has 2 fully saturated rings. The number of sulfonamides is 1. The Morgan fingerprint density at radius 1 is 0.865 bits per heavy atom. The lowest BCUT2D eigenvalue weighted by molar-refractivity contribution is -0.114. The Bertz CT molecular complexity index is 1240. The number of hydrogen-bond donors (Lipinski definition) is 1. The number of carbonyl (C=O) groups is 3. The van der Waals surface area contributed by atoms with Gasteiger partial charge in [-0.15, -0.1) is 0 Å². The number of carbonyl (C=O) groups excluding carboxylic acids is 3. The van der Waals surface area contributed by atoms with Crippen LogP contribution in [0.5, 0.6) is 0 Å². The summed E-state index contributed by atoms with van der Waals surface area (Å²) in [5.74, 6) is -0.901. The minimum absolute atomic E-state index is 0.156. The highest BCUT2D eigenvalue weighted by Gasteiger charge is 2.25. The summed E-state index contributed by atoms with van der Waals surface area (Å²) in [4.78, 5) is 42.2. The number of likely N-dealkylation sites (tertiary alicyclic amines) is 1. The van der Waals surface area contributed by atoms with Crippen molar-refractivity contribution in [1.82, 2.24) is 9.80 Å². The van der Waals surface area contributed by atoms with Gasteiger partial charge in [-0.2, -0.15) is 0 Å². The summed E-state index contributed by atoms with van der Waals surface area (Å²) in [6.07, 6.45) is 3.99. The van der Waals surface area contributed by atoms with Crippen LogP contribution in [0.4, 0.5) is 11.4 Å². The number of rotatable bonds is 7. The number of nitrogens with one attached hydrogen (secondary N) is 1. The molecule has 0 radical (unpaired) electrons. The molecule has 0 spiro atoms. The highest BCUT2D eigenvalue weighted by atomic mass is 32.2. The molecular formula is C26H32N4O6S. The maximum Gasteiger partial charge on any atom is 0.255 e. The molecule has 10 nitrogen and oxygen atoms in total. The summed E-state index contributed by atoms with van der Waals surface area (Å²) in [5.41, 5.74) is 1.39. The van der Waals surface area contributed by atoms with Gasteiger partial charge in [-0.05, 0) is 55.7 Å². The summed E-state index contributed by atoms with van der Waals surface area (Å²) in [7, 11) is -3.82. The molecule has 0 aliphatic carbocycles. The number of anilines is 2. The first-order valence-electron chi connectivity index (χ1n) is 12.4. The van der Waals surface area contributed by atoms with E-state index in [1.807, 2.05) is 0 Å². The molecule has 2 saturated heterocycles. The third kappa shape index (κ3) is 6.66. The van der Waals surface area contributed by atoms with Crippen molar-refractivity contribution in [3.05, 3.63) is 59.7 Å². The first-order valence-corrected chi connectivity index (χ1v) is 14.2. The van der Waals surface area contributed by atoms with Gasteiger partial charge >= 0.3 is 0 Å². The summed E-state index contributed by atoms with van der Waals surface area (Å²) in [5, 5.41) is 2.71. The van der Waals surface area contributed by atoms with E-state index in [0.717, 1.165) is 29.8 Å². The summed E-state index contributed by atoms with van der Waals surface area (Å²) >= 11 is 0. The second-order valence-electron chi connectivity index (χ2n) is 9.17. The number of amides is 3. The molecule has 0 bridgehead atoms. The fraction of sp³-hybridized carbons (Fsp3) is 0.423. The molecule has 2 aromatic rings. The standard InChI is InChI=1S/C26H32N4O6S/c1-37(34,35)30(21-11-9-20(10-12-21)25(32)29-15-17-36-18-16-29)19-24(31)27-23-8-4-3-7-22(23)26(33)28-13-5-2-6-14-28/h3-4,7-12H,2,5-6,13-19H2,1H3,(H,27,31). The first-order chi connectivity index (χ1) is 17.7. The van der Waals surface area contributed by atoms with E-state index in [1.54, 1.807) is 46.2 Å². The molecule has 0 aromatic heterocycles. The smallest absolute Gasteiger partial charge is 0.255 e. The van der Waals surface area contributed by atoms with Gasteiger partial charge in [-0.3, -0.25) is 18.7 Å². The second-order valence-corrected chi connectivity index (χ2v) is 11.1. The van der Waals surface area contributed by atoms with Gasteiger partial charge < -0.3 is 19.9 Å². The SMILES string of the molecule is CS(=O)(=O)N(CC(=O)Nc1ccccc1C(=O)N1CCCCC1)c1ccc(C(=O)N2CCOCC2)cc1. The van der Waals surface area contributed by atoms with Crippen LogP contribution in [0.1, 0.15) is 40.0 Å². The maximum absolute atomic E-state index is 13.0. The van der Waals surface area contributed by atoms with Gasteiger partial charge in [0.1, 0.15) is 6.54 Å². The molecule has 11 heteroatoms. The van der Waals surface area contributed by atoms with Crippen LogP contribution in [0.3, 0.4) is 0 Å². The quantitative estimate of drug-likeness (QED) is 0.589. The van der Waals surface area contributed by atoms with Crippen molar-refractivity contribution in [2.45, 2.75) is 19.3 Å². The zero-order valence-electron chi connectivity index (χ0n) is 20.9. The number of nitrogens with zero attached hydrogens (tertiary/aromatic N) is 3. The van der Waals surface area contributed by atoms with Gasteiger partial charge in [0.2, 0.25) is 15.9 Å². The lowest BCUT2D eigenvalue weighted by atomic mass is 10.1. The van der Waals surface area contributed by atoms with Gasteiger partial charge in [0, 0.05) is 31.7 Å². The van der Waals surface area contributed by atoms with E-state index >= 15 is 0 Å². The number of hydrogen-bond acceptors (Lipinski definition) is 6. The van der Waals surface area contributed by atoms with E-state index in [2.05, 4.69) is 5.32 Å². The number of para-hydroxylation sites is 1. The molecule has 2 aromatic carbocycles. The topological polar surface area (TPSA) is 116 Å². The van der Waals surface area contributed by atoms with E-state index in [9.17, 15) is 22.8 Å². The van der Waals surface area contributed by atoms with Crippen molar-refractivity contribution in [3.8, 4) is 0 Å². The molecule has 0 unspecified atom stereocenters. The average Bonchev–Trinajstić information content (AvgIpc) is 2.92. The van der Waals surface area contributed by atoms with Crippen LogP contribution in [-0.2, 0) is 19.6 Å². The maximum atomic E-state index is 13.0. The van der Waals surface area contributed by atoms with Crippen LogP contribution in [0.25, 0.3) is 0 Å². The predicted molar refractivity (Wildman–Crippen MR) is 140 cm³/mol. The van der Waals surface area contributed by atoms with Gasteiger partial charge in [0.25, 0.3) is 11.8 Å². The Hall–Kier alpha value is -3.44. The van der Waals surface area contributed by atoms with E-state index in [4.69, 9.17) is 4.74 Å². The monoisotopic (exact) mass is 528 g/mol. The van der Waals surface area contributed by atoms with Crippen molar-refractivity contribution in [2.24, 2.45) is 0 Å². The van der Waals surface area contributed by atoms with E-state index < -0.39 is 22.5 Å². The fourth-order valence-electron chi connectivity index (χ4n) is 4.49. The van der Waals surface area contributed by atoms with Crippen LogP contribution in [0.15, 0.2) is 48.5 Å². The molecule has 2 aliphatic rings. The number of morpholine rings is 1. The summed E-state index contributed by atoms with van der Waals surface area (Å²) in [6.45, 7) is 2.82. The Balaban J connectivity index is 1.47. The molecule has 2 heterocycles. The fourth-order valence-corrected chi connectivity index (χ4v) is 5.34. The lowest BCUT2D eigenvalue weighted by Crippen LogP contribution is -2.40. The zero-order valence-corrected chi connectivity index (χ0v) is 21.7. The van der Waals surface area contributed by atoms with Crippen molar-refractivity contribution in [2.75, 3.05) is 61.8 Å². The molecule has 0 atom stereocenters. The minimum atomic E-state index is -3.82. The highest BCUT2D eigenvalue weighted by molar-refractivity contribution is 7.92. The normalized spacial score (nSPS) is 16.2. The zero-order chi connectivity index (χ0) is 26.4. The Labute approximate surface area is 217 Å². The van der Waals surface area contributed by atoms with Crippen LogP contribution in [-0.4, -0.2) is 88.1 Å². The molecule has 37 heavy (non-hydrogen) atoms. The average molecular weight is 529 g/mol. The van der Waals surface area contributed by atoms with E-state index in [0.29, 0.717) is 56.2 Å². The van der Waals surface area contributed by atoms with Gasteiger partial charge in [-0.1, -0.05) is 12.1 Å². The summed E-state index contributed by atoms with van der Waals surface area (Å²) < 4.78 is 31.4. The van der Waals surface area contributed by atoms with E-state index in [1.165, 1.54) is 12.1 Å².